The maximum atomic E-state index is 10.8. The number of halogens is 1. The van der Waals surface area contributed by atoms with E-state index in [9.17, 15) is 4.79 Å². The Labute approximate surface area is 96.9 Å². The van der Waals surface area contributed by atoms with Gasteiger partial charge in [-0.15, -0.1) is 0 Å². The molecule has 0 aliphatic heterocycles. The number of aromatic carboxylic acids is 1. The van der Waals surface area contributed by atoms with Crippen LogP contribution in [0.3, 0.4) is 0 Å². The maximum absolute atomic E-state index is 10.8. The van der Waals surface area contributed by atoms with Crippen LogP contribution >= 0.6 is 11.6 Å². The predicted molar refractivity (Wildman–Crippen MR) is 60.7 cm³/mol. The van der Waals surface area contributed by atoms with Gasteiger partial charge in [-0.2, -0.15) is 0 Å². The van der Waals surface area contributed by atoms with Gasteiger partial charge in [-0.25, -0.2) is 9.78 Å². The first-order valence-electron chi connectivity index (χ1n) is 4.64. The number of nitrogens with one attached hydrogen (secondary N) is 1. The highest BCUT2D eigenvalue weighted by Crippen LogP contribution is 2.20. The molecule has 0 aliphatic rings. The van der Waals surface area contributed by atoms with Crippen LogP contribution in [0.2, 0.25) is 5.02 Å². The quantitative estimate of drug-likeness (QED) is 0.843. The van der Waals surface area contributed by atoms with Gasteiger partial charge in [0.25, 0.3) is 0 Å². The lowest BCUT2D eigenvalue weighted by molar-refractivity contribution is 0.0690. The summed E-state index contributed by atoms with van der Waals surface area (Å²) in [6.45, 7) is 1.65. The molecule has 1 heterocycles. The molecule has 1 aromatic carbocycles. The van der Waals surface area contributed by atoms with E-state index in [0.29, 0.717) is 16.5 Å². The van der Waals surface area contributed by atoms with E-state index in [1.165, 1.54) is 0 Å². The lowest BCUT2D eigenvalue weighted by Crippen LogP contribution is -1.98. The molecule has 0 fully saturated rings. The fourth-order valence-electron chi connectivity index (χ4n) is 1.41. The van der Waals surface area contributed by atoms with E-state index in [4.69, 9.17) is 16.7 Å². The van der Waals surface area contributed by atoms with E-state index in [2.05, 4.69) is 9.97 Å². The van der Waals surface area contributed by atoms with Gasteiger partial charge in [-0.1, -0.05) is 11.6 Å². The van der Waals surface area contributed by atoms with Gasteiger partial charge in [0.2, 0.25) is 0 Å². The van der Waals surface area contributed by atoms with Crippen molar-refractivity contribution < 1.29 is 9.90 Å². The number of carbonyl (C=O) groups is 1. The van der Waals surface area contributed by atoms with Gasteiger partial charge >= 0.3 is 5.97 Å². The summed E-state index contributed by atoms with van der Waals surface area (Å²) in [6.07, 6.45) is 0. The SMILES string of the molecule is Cc1nc(-c2ccc(Cl)cc2)[nH]c1C(=O)O. The van der Waals surface area contributed by atoms with Crippen LogP contribution in [-0.2, 0) is 0 Å². The number of imidazole rings is 1. The fourth-order valence-corrected chi connectivity index (χ4v) is 1.54. The molecule has 0 atom stereocenters. The van der Waals surface area contributed by atoms with Gasteiger partial charge in [0.05, 0.1) is 5.69 Å². The van der Waals surface area contributed by atoms with Crippen molar-refractivity contribution in [3.8, 4) is 11.4 Å². The fraction of sp³-hybridized carbons (Fsp3) is 0.0909. The van der Waals surface area contributed by atoms with E-state index in [0.717, 1.165) is 5.56 Å². The minimum absolute atomic E-state index is 0.116. The molecule has 2 rings (SSSR count). The first-order valence-corrected chi connectivity index (χ1v) is 5.01. The summed E-state index contributed by atoms with van der Waals surface area (Å²) < 4.78 is 0. The summed E-state index contributed by atoms with van der Waals surface area (Å²) in [6, 6.07) is 7.03. The standard InChI is InChI=1S/C11H9ClN2O2/c1-6-9(11(15)16)14-10(13-6)7-2-4-8(12)5-3-7/h2-5H,1H3,(H,13,14)(H,15,16). The molecule has 0 saturated carbocycles. The highest BCUT2D eigenvalue weighted by Gasteiger charge is 2.13. The van der Waals surface area contributed by atoms with Crippen LogP contribution in [0.15, 0.2) is 24.3 Å². The number of aryl methyl sites for hydroxylation is 1. The third kappa shape index (κ3) is 1.92. The van der Waals surface area contributed by atoms with Crippen molar-refractivity contribution in [2.24, 2.45) is 0 Å². The molecule has 0 amide bonds. The van der Waals surface area contributed by atoms with Crippen molar-refractivity contribution in [2.45, 2.75) is 6.92 Å². The molecule has 4 nitrogen and oxygen atoms in total. The van der Waals surface area contributed by atoms with Crippen molar-refractivity contribution in [2.75, 3.05) is 0 Å². The average Bonchev–Trinajstić information content (AvgIpc) is 2.61. The molecule has 1 aromatic heterocycles. The van der Waals surface area contributed by atoms with Crippen LogP contribution < -0.4 is 0 Å². The molecule has 5 heteroatoms. The number of rotatable bonds is 2. The first-order chi connectivity index (χ1) is 7.58. The third-order valence-corrected chi connectivity index (χ3v) is 2.47. The predicted octanol–water partition coefficient (Wildman–Crippen LogP) is 2.74. The number of hydrogen-bond acceptors (Lipinski definition) is 2. The highest BCUT2D eigenvalue weighted by atomic mass is 35.5. The van der Waals surface area contributed by atoms with Gasteiger partial charge in [-0.05, 0) is 31.2 Å². The van der Waals surface area contributed by atoms with Crippen LogP contribution in [0.25, 0.3) is 11.4 Å². The Kier molecular flexibility index (Phi) is 2.66. The number of carboxylic acid groups (broad SMARTS) is 1. The van der Waals surface area contributed by atoms with Crippen molar-refractivity contribution in [1.82, 2.24) is 9.97 Å². The number of carboxylic acids is 1. The molecule has 0 unspecified atom stereocenters. The van der Waals surface area contributed by atoms with E-state index < -0.39 is 5.97 Å². The summed E-state index contributed by atoms with van der Waals surface area (Å²) in [4.78, 5) is 17.7. The Balaban J connectivity index is 2.45. The average molecular weight is 237 g/mol. The van der Waals surface area contributed by atoms with Crippen LogP contribution in [0.4, 0.5) is 0 Å². The van der Waals surface area contributed by atoms with Gasteiger partial charge in [0.15, 0.2) is 0 Å². The zero-order valence-electron chi connectivity index (χ0n) is 8.49. The molecule has 16 heavy (non-hydrogen) atoms. The molecule has 0 aliphatic carbocycles. The van der Waals surface area contributed by atoms with Crippen LogP contribution in [0.1, 0.15) is 16.2 Å². The Morgan fingerprint density at radius 1 is 1.38 bits per heavy atom. The number of aromatic nitrogens is 2. The number of H-pyrrole nitrogens is 1. The second-order valence-corrected chi connectivity index (χ2v) is 3.79. The van der Waals surface area contributed by atoms with Gasteiger partial charge in [0.1, 0.15) is 11.5 Å². The van der Waals surface area contributed by atoms with E-state index in [-0.39, 0.29) is 5.69 Å². The van der Waals surface area contributed by atoms with Crippen molar-refractivity contribution >= 4 is 17.6 Å². The molecule has 0 radical (unpaired) electrons. The molecule has 0 saturated heterocycles. The molecule has 0 bridgehead atoms. The van der Waals surface area contributed by atoms with Crippen LogP contribution in [0, 0.1) is 6.92 Å². The molecular formula is C11H9ClN2O2. The normalized spacial score (nSPS) is 10.4. The summed E-state index contributed by atoms with van der Waals surface area (Å²) in [5.41, 5.74) is 1.39. The Bertz CT molecular complexity index is 531. The van der Waals surface area contributed by atoms with Gasteiger partial charge in [0, 0.05) is 10.6 Å². The Morgan fingerprint density at radius 3 is 2.50 bits per heavy atom. The van der Waals surface area contributed by atoms with E-state index >= 15 is 0 Å². The highest BCUT2D eigenvalue weighted by molar-refractivity contribution is 6.30. The smallest absolute Gasteiger partial charge is 0.354 e. The number of aromatic amines is 1. The molecule has 0 spiro atoms. The summed E-state index contributed by atoms with van der Waals surface area (Å²) >= 11 is 5.76. The van der Waals surface area contributed by atoms with Crippen LogP contribution in [-0.4, -0.2) is 21.0 Å². The molecule has 2 aromatic rings. The second-order valence-electron chi connectivity index (χ2n) is 3.36. The van der Waals surface area contributed by atoms with Gasteiger partial charge in [-0.3, -0.25) is 0 Å². The number of hydrogen-bond donors (Lipinski definition) is 2. The summed E-state index contributed by atoms with van der Waals surface area (Å²) in [7, 11) is 0. The zero-order valence-corrected chi connectivity index (χ0v) is 9.25. The van der Waals surface area contributed by atoms with Crippen molar-refractivity contribution in [1.29, 1.82) is 0 Å². The van der Waals surface area contributed by atoms with Gasteiger partial charge < -0.3 is 10.1 Å². The summed E-state index contributed by atoms with van der Waals surface area (Å²) in [5.74, 6) is -0.475. The Hall–Kier alpha value is -1.81. The summed E-state index contributed by atoms with van der Waals surface area (Å²) in [5, 5.41) is 9.51. The van der Waals surface area contributed by atoms with Crippen LogP contribution in [0.5, 0.6) is 0 Å². The maximum Gasteiger partial charge on any atom is 0.354 e. The van der Waals surface area contributed by atoms with Crippen molar-refractivity contribution in [3.63, 3.8) is 0 Å². The lowest BCUT2D eigenvalue weighted by atomic mass is 10.2. The number of nitrogens with zero attached hydrogens (tertiary/aromatic N) is 1. The largest absolute Gasteiger partial charge is 0.477 e. The van der Waals surface area contributed by atoms with Crippen molar-refractivity contribution in [3.05, 3.63) is 40.7 Å². The topological polar surface area (TPSA) is 66.0 Å². The number of benzene rings is 1. The molecule has 2 N–H and O–H groups in total. The second kappa shape index (κ2) is 3.98. The minimum atomic E-state index is -1.01. The molecule has 82 valence electrons. The third-order valence-electron chi connectivity index (χ3n) is 2.22. The first kappa shape index (κ1) is 10.7. The lowest BCUT2D eigenvalue weighted by Gasteiger charge is -1.95. The van der Waals surface area contributed by atoms with E-state index in [1.807, 2.05) is 0 Å². The van der Waals surface area contributed by atoms with E-state index in [1.54, 1.807) is 31.2 Å². The molecular weight excluding hydrogens is 228 g/mol. The Morgan fingerprint density at radius 2 is 2.00 bits per heavy atom. The zero-order chi connectivity index (χ0) is 11.7. The monoisotopic (exact) mass is 236 g/mol. The minimum Gasteiger partial charge on any atom is -0.477 e.